The molecular formula is C13H16NO. The fraction of sp³-hybridized carbons (Fsp3) is 0.462. The van der Waals surface area contributed by atoms with Gasteiger partial charge in [0.2, 0.25) is 5.91 Å². The molecule has 1 radical (unpaired) electrons. The van der Waals surface area contributed by atoms with E-state index in [9.17, 15) is 4.79 Å². The number of rotatable bonds is 3. The van der Waals surface area contributed by atoms with Crippen molar-refractivity contribution in [3.8, 4) is 0 Å². The summed E-state index contributed by atoms with van der Waals surface area (Å²) in [5, 5.41) is 0. The van der Waals surface area contributed by atoms with Gasteiger partial charge in [0.15, 0.2) is 0 Å². The summed E-state index contributed by atoms with van der Waals surface area (Å²) in [5.74, 6) is -0.209. The minimum Gasteiger partial charge on any atom is -0.273 e. The van der Waals surface area contributed by atoms with Gasteiger partial charge in [0.05, 0.1) is 5.92 Å². The Morgan fingerprint density at radius 2 is 1.80 bits per heavy atom. The van der Waals surface area contributed by atoms with Gasteiger partial charge in [-0.05, 0) is 24.3 Å². The normalized spacial score (nSPS) is 18.9. The lowest BCUT2D eigenvalue weighted by Crippen LogP contribution is -2.20. The quantitative estimate of drug-likeness (QED) is 0.743. The molecule has 79 valence electrons. The van der Waals surface area contributed by atoms with E-state index < -0.39 is 5.91 Å². The lowest BCUT2D eigenvalue weighted by atomic mass is 9.84. The van der Waals surface area contributed by atoms with Crippen LogP contribution in [0.25, 0.3) is 0 Å². The zero-order chi connectivity index (χ0) is 10.7. The minimum absolute atomic E-state index is 0.186. The van der Waals surface area contributed by atoms with E-state index in [0.29, 0.717) is 5.92 Å². The van der Waals surface area contributed by atoms with Crippen LogP contribution in [0.4, 0.5) is 0 Å². The summed E-state index contributed by atoms with van der Waals surface area (Å²) in [4.78, 5) is 11.4. The molecule has 2 rings (SSSR count). The molecule has 1 amide bonds. The predicted octanol–water partition coefficient (Wildman–Crippen LogP) is 2.77. The Labute approximate surface area is 90.5 Å². The maximum atomic E-state index is 11.4. The van der Waals surface area contributed by atoms with Gasteiger partial charge in [-0.1, -0.05) is 43.2 Å². The van der Waals surface area contributed by atoms with Crippen molar-refractivity contribution >= 4 is 5.91 Å². The topological polar surface area (TPSA) is 40.9 Å². The Hall–Kier alpha value is -1.31. The SMILES string of the molecule is [NH]C(=O)C(c1ccccc1)C1CCCC1. The maximum absolute atomic E-state index is 11.4. The maximum Gasteiger partial charge on any atom is 0.246 e. The molecule has 2 nitrogen and oxygen atoms in total. The number of hydrogen-bond acceptors (Lipinski definition) is 1. The zero-order valence-corrected chi connectivity index (χ0v) is 8.78. The minimum atomic E-state index is -0.423. The first-order valence-electron chi connectivity index (χ1n) is 5.59. The molecule has 2 heteroatoms. The van der Waals surface area contributed by atoms with Gasteiger partial charge in [0.25, 0.3) is 0 Å². The molecule has 0 aliphatic heterocycles. The molecule has 1 aromatic carbocycles. The predicted molar refractivity (Wildman–Crippen MR) is 59.2 cm³/mol. The molecule has 1 N–H and O–H groups in total. The van der Waals surface area contributed by atoms with Crippen LogP contribution < -0.4 is 5.73 Å². The summed E-state index contributed by atoms with van der Waals surface area (Å²) in [7, 11) is 0. The van der Waals surface area contributed by atoms with Gasteiger partial charge >= 0.3 is 0 Å². The van der Waals surface area contributed by atoms with Crippen LogP contribution in [0.1, 0.15) is 37.2 Å². The van der Waals surface area contributed by atoms with Crippen molar-refractivity contribution in [1.29, 1.82) is 0 Å². The first-order chi connectivity index (χ1) is 7.29. The Kier molecular flexibility index (Phi) is 3.05. The van der Waals surface area contributed by atoms with Gasteiger partial charge in [-0.25, -0.2) is 0 Å². The summed E-state index contributed by atoms with van der Waals surface area (Å²) < 4.78 is 0. The van der Waals surface area contributed by atoms with E-state index in [1.807, 2.05) is 30.3 Å². The van der Waals surface area contributed by atoms with Crippen molar-refractivity contribution in [3.05, 3.63) is 35.9 Å². The van der Waals surface area contributed by atoms with Gasteiger partial charge < -0.3 is 0 Å². The molecule has 0 bridgehead atoms. The molecule has 0 aromatic heterocycles. The summed E-state index contributed by atoms with van der Waals surface area (Å²) in [6.07, 6.45) is 4.62. The van der Waals surface area contributed by atoms with E-state index in [4.69, 9.17) is 5.73 Å². The molecule has 0 saturated heterocycles. The number of nitrogens with one attached hydrogen (secondary N) is 1. The van der Waals surface area contributed by atoms with Crippen LogP contribution in [0.3, 0.4) is 0 Å². The Bertz CT molecular complexity index is 328. The van der Waals surface area contributed by atoms with Crippen LogP contribution in [0.5, 0.6) is 0 Å². The smallest absolute Gasteiger partial charge is 0.246 e. The molecule has 1 aromatic rings. The molecule has 0 heterocycles. The lowest BCUT2D eigenvalue weighted by molar-refractivity contribution is -0.121. The third-order valence-corrected chi connectivity index (χ3v) is 3.31. The van der Waals surface area contributed by atoms with E-state index >= 15 is 0 Å². The number of benzene rings is 1. The van der Waals surface area contributed by atoms with Crippen LogP contribution in [-0.2, 0) is 4.79 Å². The molecule has 1 saturated carbocycles. The average Bonchev–Trinajstić information content (AvgIpc) is 2.72. The number of carbonyl (C=O) groups is 1. The van der Waals surface area contributed by atoms with Crippen LogP contribution in [0.15, 0.2) is 30.3 Å². The standard InChI is InChI=1S/C13H16NO/c14-13(15)12(11-8-4-5-9-11)10-6-2-1-3-7-10/h1-3,6-7,11-12,14H,4-5,8-9H2. The lowest BCUT2D eigenvalue weighted by Gasteiger charge is -2.19. The van der Waals surface area contributed by atoms with E-state index in [0.717, 1.165) is 18.4 Å². The number of hydrogen-bond donors (Lipinski definition) is 0. The second-order valence-corrected chi connectivity index (χ2v) is 4.30. The van der Waals surface area contributed by atoms with Gasteiger partial charge in [0, 0.05) is 0 Å². The van der Waals surface area contributed by atoms with Crippen molar-refractivity contribution in [3.63, 3.8) is 0 Å². The molecule has 1 fully saturated rings. The van der Waals surface area contributed by atoms with Crippen LogP contribution in [-0.4, -0.2) is 5.91 Å². The highest BCUT2D eigenvalue weighted by molar-refractivity contribution is 5.81. The first-order valence-corrected chi connectivity index (χ1v) is 5.59. The summed E-state index contributed by atoms with van der Waals surface area (Å²) in [5.41, 5.74) is 8.42. The van der Waals surface area contributed by atoms with Gasteiger partial charge in [0.1, 0.15) is 0 Å². The van der Waals surface area contributed by atoms with E-state index in [1.54, 1.807) is 0 Å². The number of amides is 1. The second-order valence-electron chi connectivity index (χ2n) is 4.30. The summed E-state index contributed by atoms with van der Waals surface area (Å²) in [6, 6.07) is 9.77. The van der Waals surface area contributed by atoms with Crippen molar-refractivity contribution in [2.24, 2.45) is 5.92 Å². The van der Waals surface area contributed by atoms with Gasteiger partial charge in [-0.2, -0.15) is 0 Å². The van der Waals surface area contributed by atoms with E-state index in [1.165, 1.54) is 12.8 Å². The monoisotopic (exact) mass is 202 g/mol. The Morgan fingerprint density at radius 1 is 1.20 bits per heavy atom. The second kappa shape index (κ2) is 4.47. The summed E-state index contributed by atoms with van der Waals surface area (Å²) in [6.45, 7) is 0. The largest absolute Gasteiger partial charge is 0.273 e. The fourth-order valence-corrected chi connectivity index (χ4v) is 2.59. The van der Waals surface area contributed by atoms with Crippen molar-refractivity contribution in [1.82, 2.24) is 5.73 Å². The molecular weight excluding hydrogens is 186 g/mol. The third-order valence-electron chi connectivity index (χ3n) is 3.31. The van der Waals surface area contributed by atoms with Gasteiger partial charge in [-0.3, -0.25) is 10.5 Å². The fourth-order valence-electron chi connectivity index (χ4n) is 2.59. The molecule has 1 aliphatic rings. The first kappa shape index (κ1) is 10.2. The van der Waals surface area contributed by atoms with Crippen LogP contribution in [0.2, 0.25) is 0 Å². The Morgan fingerprint density at radius 3 is 2.33 bits per heavy atom. The summed E-state index contributed by atoms with van der Waals surface area (Å²) >= 11 is 0. The highest BCUT2D eigenvalue weighted by Gasteiger charge is 2.30. The molecule has 15 heavy (non-hydrogen) atoms. The average molecular weight is 202 g/mol. The molecule has 1 atom stereocenters. The third kappa shape index (κ3) is 2.20. The Balaban J connectivity index is 2.23. The zero-order valence-electron chi connectivity index (χ0n) is 8.78. The van der Waals surface area contributed by atoms with Gasteiger partial charge in [-0.15, -0.1) is 0 Å². The molecule has 0 spiro atoms. The van der Waals surface area contributed by atoms with Crippen LogP contribution in [0, 0.1) is 5.92 Å². The number of carbonyl (C=O) groups excluding carboxylic acids is 1. The highest BCUT2D eigenvalue weighted by Crippen LogP contribution is 2.37. The molecule has 1 aliphatic carbocycles. The van der Waals surface area contributed by atoms with Crippen molar-refractivity contribution in [2.45, 2.75) is 31.6 Å². The molecule has 1 unspecified atom stereocenters. The van der Waals surface area contributed by atoms with Crippen molar-refractivity contribution < 1.29 is 4.79 Å². The van der Waals surface area contributed by atoms with Crippen LogP contribution >= 0.6 is 0 Å². The van der Waals surface area contributed by atoms with E-state index in [2.05, 4.69) is 0 Å². The van der Waals surface area contributed by atoms with Crippen molar-refractivity contribution in [2.75, 3.05) is 0 Å². The van der Waals surface area contributed by atoms with E-state index in [-0.39, 0.29) is 5.92 Å². The highest BCUT2D eigenvalue weighted by atomic mass is 16.1.